The van der Waals surface area contributed by atoms with Gasteiger partial charge in [-0.05, 0) is 13.8 Å². The number of quaternary nitrogens is 1. The number of halogens is 1. The number of hydrogen-bond acceptors (Lipinski definition) is 3. The molecular weight excluding hydrogens is 218 g/mol. The molecule has 0 aliphatic heterocycles. The summed E-state index contributed by atoms with van der Waals surface area (Å²) in [5.74, 6) is -0.374. The number of likely N-dealkylation sites (N-methyl/N-ethyl adjacent to an activating group) is 1. The summed E-state index contributed by atoms with van der Waals surface area (Å²) in [6.07, 6.45) is 0. The van der Waals surface area contributed by atoms with Gasteiger partial charge in [0.15, 0.2) is 0 Å². The lowest BCUT2D eigenvalue weighted by molar-refractivity contribution is -0.924. The quantitative estimate of drug-likeness (QED) is 0.241. The molecule has 1 atom stereocenters. The number of hydrogen-bond donors (Lipinski definition) is 1. The molecule has 0 spiro atoms. The lowest BCUT2D eigenvalue weighted by Crippen LogP contribution is -3.00. The predicted molar refractivity (Wildman–Crippen MR) is 54.5 cm³/mol. The molecule has 0 aliphatic rings. The summed E-state index contributed by atoms with van der Waals surface area (Å²) in [6, 6.07) is 0. The molecule has 1 N–H and O–H groups in total. The Hall–Kier alpha value is -0.580. The third-order valence-corrected chi connectivity index (χ3v) is 2.26. The Balaban J connectivity index is 0. The van der Waals surface area contributed by atoms with Gasteiger partial charge in [0.05, 0.1) is 20.2 Å². The highest BCUT2D eigenvalue weighted by molar-refractivity contribution is 5.86. The summed E-state index contributed by atoms with van der Waals surface area (Å²) in [6.45, 7) is 8.87. The number of aliphatic hydroxyl groups is 1. The minimum atomic E-state index is -0.374. The zero-order valence-corrected chi connectivity index (χ0v) is 10.4. The second-order valence-electron chi connectivity index (χ2n) is 3.72. The molecule has 0 aromatic rings. The SMILES string of the molecule is C=C(C)C(=O)OC[N+](C)(CC)CCO.[Cl-]. The van der Waals surface area contributed by atoms with Crippen molar-refractivity contribution < 1.29 is 31.5 Å². The molecule has 0 aromatic heterocycles. The average Bonchev–Trinajstić information content (AvgIpc) is 2.14. The molecule has 0 amide bonds. The van der Waals surface area contributed by atoms with Crippen molar-refractivity contribution in [1.82, 2.24) is 0 Å². The Morgan fingerprint density at radius 2 is 2.07 bits per heavy atom. The van der Waals surface area contributed by atoms with E-state index in [0.717, 1.165) is 6.54 Å². The first-order valence-corrected chi connectivity index (χ1v) is 4.72. The summed E-state index contributed by atoms with van der Waals surface area (Å²) in [7, 11) is 1.93. The van der Waals surface area contributed by atoms with Crippen LogP contribution in [0.2, 0.25) is 0 Å². The molecule has 15 heavy (non-hydrogen) atoms. The Morgan fingerprint density at radius 1 is 1.53 bits per heavy atom. The highest BCUT2D eigenvalue weighted by atomic mass is 35.5. The van der Waals surface area contributed by atoms with E-state index in [0.29, 0.717) is 16.6 Å². The fourth-order valence-electron chi connectivity index (χ4n) is 0.893. The van der Waals surface area contributed by atoms with E-state index in [1.54, 1.807) is 6.92 Å². The van der Waals surface area contributed by atoms with Crippen LogP contribution < -0.4 is 12.4 Å². The van der Waals surface area contributed by atoms with Gasteiger partial charge < -0.3 is 22.3 Å². The summed E-state index contributed by atoms with van der Waals surface area (Å²) in [5.41, 5.74) is 0.400. The fraction of sp³-hybridized carbons (Fsp3) is 0.700. The number of aliphatic hydroxyl groups excluding tert-OH is 1. The summed E-state index contributed by atoms with van der Waals surface area (Å²) in [5, 5.41) is 8.83. The largest absolute Gasteiger partial charge is 1.00 e. The van der Waals surface area contributed by atoms with Crippen molar-refractivity contribution in [2.45, 2.75) is 13.8 Å². The lowest BCUT2D eigenvalue weighted by Gasteiger charge is -2.31. The number of carbonyl (C=O) groups excluding carboxylic acids is 1. The van der Waals surface area contributed by atoms with Crippen LogP contribution in [-0.2, 0) is 9.53 Å². The van der Waals surface area contributed by atoms with Gasteiger partial charge in [0.2, 0.25) is 6.73 Å². The summed E-state index contributed by atoms with van der Waals surface area (Å²) >= 11 is 0. The van der Waals surface area contributed by atoms with E-state index in [2.05, 4.69) is 6.58 Å². The van der Waals surface area contributed by atoms with Crippen LogP contribution in [-0.4, -0.2) is 49.0 Å². The monoisotopic (exact) mass is 237 g/mol. The van der Waals surface area contributed by atoms with E-state index in [1.165, 1.54) is 0 Å². The van der Waals surface area contributed by atoms with Crippen LogP contribution in [0, 0.1) is 0 Å². The lowest BCUT2D eigenvalue weighted by atomic mass is 10.4. The zero-order valence-electron chi connectivity index (χ0n) is 9.62. The third kappa shape index (κ3) is 6.49. The van der Waals surface area contributed by atoms with E-state index in [4.69, 9.17) is 9.84 Å². The first-order chi connectivity index (χ1) is 6.45. The van der Waals surface area contributed by atoms with Crippen LogP contribution >= 0.6 is 0 Å². The smallest absolute Gasteiger partial charge is 0.337 e. The number of carbonyl (C=O) groups is 1. The molecule has 0 bridgehead atoms. The van der Waals surface area contributed by atoms with Crippen molar-refractivity contribution in [2.75, 3.05) is 33.5 Å². The minimum Gasteiger partial charge on any atom is -1.00 e. The molecule has 0 fully saturated rings. The summed E-state index contributed by atoms with van der Waals surface area (Å²) in [4.78, 5) is 11.1. The molecular formula is C10H20ClNO3. The van der Waals surface area contributed by atoms with Gasteiger partial charge in [-0.1, -0.05) is 6.58 Å². The molecule has 0 aromatic carbocycles. The van der Waals surface area contributed by atoms with Crippen LogP contribution in [0.15, 0.2) is 12.2 Å². The number of nitrogens with zero attached hydrogens (tertiary/aromatic N) is 1. The topological polar surface area (TPSA) is 46.5 Å². The Morgan fingerprint density at radius 3 is 2.40 bits per heavy atom. The number of esters is 1. The van der Waals surface area contributed by atoms with Crippen LogP contribution in [0.4, 0.5) is 0 Å². The van der Waals surface area contributed by atoms with E-state index < -0.39 is 0 Å². The number of rotatable bonds is 6. The van der Waals surface area contributed by atoms with Gasteiger partial charge in [-0.15, -0.1) is 0 Å². The zero-order chi connectivity index (χ0) is 11.2. The molecule has 4 nitrogen and oxygen atoms in total. The molecule has 0 saturated heterocycles. The normalized spacial score (nSPS) is 13.6. The Kier molecular flexibility index (Phi) is 8.62. The molecule has 0 aliphatic carbocycles. The predicted octanol–water partition coefficient (Wildman–Crippen LogP) is -2.47. The van der Waals surface area contributed by atoms with E-state index in [1.807, 2.05) is 14.0 Å². The van der Waals surface area contributed by atoms with Crippen molar-refractivity contribution in [1.29, 1.82) is 0 Å². The van der Waals surface area contributed by atoms with Crippen LogP contribution in [0.5, 0.6) is 0 Å². The highest BCUT2D eigenvalue weighted by Gasteiger charge is 2.20. The molecule has 0 rings (SSSR count). The van der Waals surface area contributed by atoms with Crippen molar-refractivity contribution in [3.05, 3.63) is 12.2 Å². The van der Waals surface area contributed by atoms with Gasteiger partial charge >= 0.3 is 5.97 Å². The van der Waals surface area contributed by atoms with E-state index >= 15 is 0 Å². The third-order valence-electron chi connectivity index (χ3n) is 2.26. The van der Waals surface area contributed by atoms with Gasteiger partial charge in [-0.2, -0.15) is 0 Å². The van der Waals surface area contributed by atoms with Gasteiger partial charge in [-0.3, -0.25) is 4.48 Å². The van der Waals surface area contributed by atoms with Crippen LogP contribution in [0.1, 0.15) is 13.8 Å². The molecule has 90 valence electrons. The van der Waals surface area contributed by atoms with Crippen LogP contribution in [0.3, 0.4) is 0 Å². The Bertz CT molecular complexity index is 221. The molecule has 0 saturated carbocycles. The Labute approximate surface area is 97.5 Å². The maximum Gasteiger partial charge on any atom is 0.337 e. The van der Waals surface area contributed by atoms with Gasteiger partial charge in [0, 0.05) is 5.57 Å². The van der Waals surface area contributed by atoms with Crippen molar-refractivity contribution in [3.8, 4) is 0 Å². The van der Waals surface area contributed by atoms with Crippen LogP contribution in [0.25, 0.3) is 0 Å². The summed E-state index contributed by atoms with van der Waals surface area (Å²) < 4.78 is 5.56. The molecule has 5 heteroatoms. The minimum absolute atomic E-state index is 0. The van der Waals surface area contributed by atoms with E-state index in [-0.39, 0.29) is 31.7 Å². The standard InChI is InChI=1S/C10H20NO3.ClH/c1-5-11(4,6-7-12)8-14-10(13)9(2)3;/h12H,2,5-8H2,1,3-4H3;1H/q+1;/p-1. The average molecular weight is 238 g/mol. The van der Waals surface area contributed by atoms with E-state index in [9.17, 15) is 4.79 Å². The maximum atomic E-state index is 11.1. The maximum absolute atomic E-state index is 11.1. The molecule has 0 heterocycles. The molecule has 0 radical (unpaired) electrons. The highest BCUT2D eigenvalue weighted by Crippen LogP contribution is 2.03. The molecule has 1 unspecified atom stereocenters. The first-order valence-electron chi connectivity index (χ1n) is 4.72. The van der Waals surface area contributed by atoms with Crippen molar-refractivity contribution in [3.63, 3.8) is 0 Å². The number of ether oxygens (including phenoxy) is 1. The van der Waals surface area contributed by atoms with Gasteiger partial charge in [0.1, 0.15) is 6.54 Å². The van der Waals surface area contributed by atoms with Gasteiger partial charge in [0.25, 0.3) is 0 Å². The first kappa shape index (κ1) is 16.8. The van der Waals surface area contributed by atoms with Crippen molar-refractivity contribution in [2.24, 2.45) is 0 Å². The van der Waals surface area contributed by atoms with Gasteiger partial charge in [-0.25, -0.2) is 4.79 Å². The van der Waals surface area contributed by atoms with Crippen molar-refractivity contribution >= 4 is 5.97 Å². The second-order valence-corrected chi connectivity index (χ2v) is 3.72. The fourth-order valence-corrected chi connectivity index (χ4v) is 0.893. The second kappa shape index (κ2) is 7.68.